The van der Waals surface area contributed by atoms with Gasteiger partial charge in [-0.05, 0) is 48.6 Å². The molecule has 0 fully saturated rings. The predicted molar refractivity (Wildman–Crippen MR) is 76.7 cm³/mol. The number of phenols is 2. The largest absolute Gasteiger partial charge is 0.504 e. The van der Waals surface area contributed by atoms with E-state index in [9.17, 15) is 10.2 Å². The Bertz CT molecular complexity index is 570. The Hall–Kier alpha value is -1.52. The van der Waals surface area contributed by atoms with E-state index in [0.29, 0.717) is 6.54 Å². The first-order chi connectivity index (χ1) is 9.22. The van der Waals surface area contributed by atoms with E-state index in [1.54, 1.807) is 10.9 Å². The molecule has 0 saturated heterocycles. The molecule has 1 aliphatic rings. The zero-order chi connectivity index (χ0) is 13.2. The van der Waals surface area contributed by atoms with Crippen LogP contribution in [0.3, 0.4) is 0 Å². The molecule has 0 unspecified atom stereocenters. The SMILES string of the molecule is Oc1ccc(CNCc2cc3c(s2)CCC3)cc1O. The van der Waals surface area contributed by atoms with Crippen molar-refractivity contribution in [2.75, 3.05) is 0 Å². The molecule has 1 aromatic heterocycles. The Kier molecular flexibility index (Phi) is 3.44. The van der Waals surface area contributed by atoms with Gasteiger partial charge in [0.2, 0.25) is 0 Å². The van der Waals surface area contributed by atoms with Crippen LogP contribution in [0.15, 0.2) is 24.3 Å². The summed E-state index contributed by atoms with van der Waals surface area (Å²) in [6.45, 7) is 1.55. The lowest BCUT2D eigenvalue weighted by molar-refractivity contribution is 0.403. The number of hydrogen-bond donors (Lipinski definition) is 3. The van der Waals surface area contributed by atoms with Crippen molar-refractivity contribution in [1.82, 2.24) is 5.32 Å². The van der Waals surface area contributed by atoms with E-state index in [-0.39, 0.29) is 11.5 Å². The number of fused-ring (bicyclic) bond motifs is 1. The molecule has 0 amide bonds. The van der Waals surface area contributed by atoms with E-state index in [1.165, 1.54) is 35.8 Å². The first-order valence-corrected chi connectivity index (χ1v) is 7.36. The zero-order valence-corrected chi connectivity index (χ0v) is 11.5. The molecule has 3 N–H and O–H groups in total. The highest BCUT2D eigenvalue weighted by atomic mass is 32.1. The number of aryl methyl sites for hydroxylation is 2. The third-order valence-corrected chi connectivity index (χ3v) is 4.70. The van der Waals surface area contributed by atoms with Crippen LogP contribution in [0.25, 0.3) is 0 Å². The maximum atomic E-state index is 9.42. The predicted octanol–water partition coefficient (Wildman–Crippen LogP) is 2.94. The second kappa shape index (κ2) is 5.23. The molecule has 0 atom stereocenters. The Morgan fingerprint density at radius 3 is 2.74 bits per heavy atom. The van der Waals surface area contributed by atoms with Crippen LogP contribution in [0.1, 0.15) is 27.3 Å². The highest BCUT2D eigenvalue weighted by Crippen LogP contribution is 2.30. The van der Waals surface area contributed by atoms with Gasteiger partial charge in [-0.1, -0.05) is 6.07 Å². The molecule has 3 nitrogen and oxygen atoms in total. The van der Waals surface area contributed by atoms with Crippen LogP contribution in [0, 0.1) is 0 Å². The first kappa shape index (κ1) is 12.5. The van der Waals surface area contributed by atoms with Crippen molar-refractivity contribution in [2.45, 2.75) is 32.4 Å². The molecule has 0 bridgehead atoms. The van der Waals surface area contributed by atoms with Crippen LogP contribution in [0.5, 0.6) is 11.5 Å². The molecular weight excluding hydrogens is 258 g/mol. The number of thiophene rings is 1. The Morgan fingerprint density at radius 2 is 1.95 bits per heavy atom. The molecule has 2 aromatic rings. The summed E-state index contributed by atoms with van der Waals surface area (Å²) >= 11 is 1.91. The highest BCUT2D eigenvalue weighted by molar-refractivity contribution is 7.12. The maximum absolute atomic E-state index is 9.42. The standard InChI is InChI=1S/C15H17NO2S/c17-13-5-4-10(6-14(13)18)8-16-9-12-7-11-2-1-3-15(11)19-12/h4-7,16-18H,1-3,8-9H2. The number of phenolic OH excluding ortho intramolecular Hbond substituents is 2. The summed E-state index contributed by atoms with van der Waals surface area (Å²) in [5.41, 5.74) is 2.50. The first-order valence-electron chi connectivity index (χ1n) is 6.54. The highest BCUT2D eigenvalue weighted by Gasteiger charge is 2.14. The Labute approximate surface area is 116 Å². The Balaban J connectivity index is 1.56. The van der Waals surface area contributed by atoms with Crippen LogP contribution in [-0.4, -0.2) is 10.2 Å². The summed E-state index contributed by atoms with van der Waals surface area (Å²) in [6, 6.07) is 7.24. The third kappa shape index (κ3) is 2.74. The molecule has 4 heteroatoms. The van der Waals surface area contributed by atoms with Gasteiger partial charge in [-0.3, -0.25) is 0 Å². The monoisotopic (exact) mass is 275 g/mol. The van der Waals surface area contributed by atoms with E-state index in [2.05, 4.69) is 11.4 Å². The van der Waals surface area contributed by atoms with Gasteiger partial charge in [-0.2, -0.15) is 0 Å². The summed E-state index contributed by atoms with van der Waals surface area (Å²) in [5.74, 6) is -0.132. The number of aromatic hydroxyl groups is 2. The summed E-state index contributed by atoms with van der Waals surface area (Å²) < 4.78 is 0. The van der Waals surface area contributed by atoms with Gasteiger partial charge in [0.1, 0.15) is 0 Å². The quantitative estimate of drug-likeness (QED) is 0.752. The number of nitrogens with one attached hydrogen (secondary N) is 1. The lowest BCUT2D eigenvalue weighted by atomic mass is 10.2. The maximum Gasteiger partial charge on any atom is 0.157 e. The summed E-state index contributed by atoms with van der Waals surface area (Å²) in [7, 11) is 0. The van der Waals surface area contributed by atoms with Crippen molar-refractivity contribution < 1.29 is 10.2 Å². The van der Waals surface area contributed by atoms with Crippen LogP contribution in [-0.2, 0) is 25.9 Å². The van der Waals surface area contributed by atoms with Crippen molar-refractivity contribution in [3.05, 3.63) is 45.1 Å². The van der Waals surface area contributed by atoms with E-state index < -0.39 is 0 Å². The minimum absolute atomic E-state index is 0.0607. The molecular formula is C15H17NO2S. The second-order valence-corrected chi connectivity index (χ2v) is 6.16. The van der Waals surface area contributed by atoms with E-state index in [1.807, 2.05) is 17.4 Å². The van der Waals surface area contributed by atoms with E-state index in [4.69, 9.17) is 0 Å². The lowest BCUT2D eigenvalue weighted by Crippen LogP contribution is -2.11. The topological polar surface area (TPSA) is 52.5 Å². The molecule has 0 saturated carbocycles. The van der Waals surface area contributed by atoms with Crippen molar-refractivity contribution in [1.29, 1.82) is 0 Å². The Morgan fingerprint density at radius 1 is 1.05 bits per heavy atom. The molecule has 1 aliphatic carbocycles. The fourth-order valence-electron chi connectivity index (χ4n) is 2.49. The molecule has 0 spiro atoms. The fraction of sp³-hybridized carbons (Fsp3) is 0.333. The van der Waals surface area contributed by atoms with Gasteiger partial charge in [0.15, 0.2) is 11.5 Å². The van der Waals surface area contributed by atoms with Gasteiger partial charge in [0, 0.05) is 22.8 Å². The fourth-order valence-corrected chi connectivity index (χ4v) is 3.72. The average molecular weight is 275 g/mol. The molecule has 0 radical (unpaired) electrons. The molecule has 1 aromatic carbocycles. The van der Waals surface area contributed by atoms with Gasteiger partial charge in [0.05, 0.1) is 0 Å². The van der Waals surface area contributed by atoms with Gasteiger partial charge < -0.3 is 15.5 Å². The van der Waals surface area contributed by atoms with E-state index >= 15 is 0 Å². The van der Waals surface area contributed by atoms with Crippen molar-refractivity contribution in [3.63, 3.8) is 0 Å². The van der Waals surface area contributed by atoms with Crippen molar-refractivity contribution in [2.24, 2.45) is 0 Å². The van der Waals surface area contributed by atoms with Gasteiger partial charge >= 0.3 is 0 Å². The summed E-state index contributed by atoms with van der Waals surface area (Å²) in [6.07, 6.45) is 3.78. The summed E-state index contributed by atoms with van der Waals surface area (Å²) in [4.78, 5) is 2.94. The van der Waals surface area contributed by atoms with Crippen molar-refractivity contribution in [3.8, 4) is 11.5 Å². The van der Waals surface area contributed by atoms with E-state index in [0.717, 1.165) is 12.1 Å². The van der Waals surface area contributed by atoms with Gasteiger partial charge in [0.25, 0.3) is 0 Å². The lowest BCUT2D eigenvalue weighted by Gasteiger charge is -2.05. The van der Waals surface area contributed by atoms with Crippen LogP contribution < -0.4 is 5.32 Å². The third-order valence-electron chi connectivity index (χ3n) is 3.47. The van der Waals surface area contributed by atoms with Gasteiger partial charge in [-0.25, -0.2) is 0 Å². The second-order valence-electron chi connectivity index (χ2n) is 4.94. The molecule has 19 heavy (non-hydrogen) atoms. The summed E-state index contributed by atoms with van der Waals surface area (Å²) in [5, 5.41) is 22.0. The smallest absolute Gasteiger partial charge is 0.157 e. The number of rotatable bonds is 4. The number of hydrogen-bond acceptors (Lipinski definition) is 4. The van der Waals surface area contributed by atoms with Crippen LogP contribution >= 0.6 is 11.3 Å². The average Bonchev–Trinajstić information content (AvgIpc) is 2.94. The zero-order valence-electron chi connectivity index (χ0n) is 10.6. The number of benzene rings is 1. The van der Waals surface area contributed by atoms with Gasteiger partial charge in [-0.15, -0.1) is 11.3 Å². The van der Waals surface area contributed by atoms with Crippen LogP contribution in [0.2, 0.25) is 0 Å². The van der Waals surface area contributed by atoms with Crippen molar-refractivity contribution >= 4 is 11.3 Å². The molecule has 0 aliphatic heterocycles. The normalized spacial score (nSPS) is 13.7. The minimum Gasteiger partial charge on any atom is -0.504 e. The minimum atomic E-state index is -0.0709. The van der Waals surface area contributed by atoms with Crippen LogP contribution in [0.4, 0.5) is 0 Å². The molecule has 100 valence electrons. The molecule has 3 rings (SSSR count). The molecule has 1 heterocycles.